The minimum Gasteiger partial charge on any atom is -0.330 e. The van der Waals surface area contributed by atoms with Crippen LogP contribution in [-0.4, -0.2) is 6.54 Å². The van der Waals surface area contributed by atoms with E-state index in [0.717, 1.165) is 12.5 Å². The Kier molecular flexibility index (Phi) is 4.35. The largest absolute Gasteiger partial charge is 0.330 e. The first-order valence-electron chi connectivity index (χ1n) is 7.69. The van der Waals surface area contributed by atoms with Crippen LogP contribution in [0.1, 0.15) is 57.1 Å². The highest BCUT2D eigenvalue weighted by Crippen LogP contribution is 2.47. The first-order chi connectivity index (χ1) is 8.93. The smallest absolute Gasteiger partial charge is 0.00430 e. The first kappa shape index (κ1) is 14.6. The summed E-state index contributed by atoms with van der Waals surface area (Å²) in [5.74, 6) is 2.14. The highest BCUT2D eigenvalue weighted by molar-refractivity contribution is 5.30. The van der Waals surface area contributed by atoms with Crippen molar-refractivity contribution in [2.45, 2.75) is 52.9 Å². The van der Waals surface area contributed by atoms with Gasteiger partial charge >= 0.3 is 0 Å². The predicted molar refractivity (Wildman–Crippen MR) is 83.3 cm³/mol. The SMILES string of the molecule is Cc1ccccc1C1CC(C(C)(C)C)CCC1CN. The molecule has 3 atom stereocenters. The van der Waals surface area contributed by atoms with Crippen LogP contribution in [0.25, 0.3) is 0 Å². The Bertz CT molecular complexity index is 416. The van der Waals surface area contributed by atoms with Crippen LogP contribution in [0.2, 0.25) is 0 Å². The maximum atomic E-state index is 6.04. The van der Waals surface area contributed by atoms with Crippen LogP contribution in [0.5, 0.6) is 0 Å². The highest BCUT2D eigenvalue weighted by Gasteiger charge is 2.36. The molecule has 1 aliphatic rings. The fourth-order valence-corrected chi connectivity index (χ4v) is 3.69. The van der Waals surface area contributed by atoms with Gasteiger partial charge in [0.05, 0.1) is 0 Å². The van der Waals surface area contributed by atoms with Crippen molar-refractivity contribution < 1.29 is 0 Å². The molecule has 2 N–H and O–H groups in total. The van der Waals surface area contributed by atoms with Crippen LogP contribution >= 0.6 is 0 Å². The molecule has 2 rings (SSSR count). The Hall–Kier alpha value is -0.820. The van der Waals surface area contributed by atoms with Gasteiger partial charge in [-0.05, 0) is 67.0 Å². The van der Waals surface area contributed by atoms with E-state index in [1.165, 1.54) is 30.4 Å². The van der Waals surface area contributed by atoms with E-state index in [2.05, 4.69) is 52.0 Å². The van der Waals surface area contributed by atoms with Crippen molar-refractivity contribution >= 4 is 0 Å². The summed E-state index contributed by atoms with van der Waals surface area (Å²) in [7, 11) is 0. The lowest BCUT2D eigenvalue weighted by Gasteiger charge is -2.42. The molecule has 0 aromatic heterocycles. The maximum Gasteiger partial charge on any atom is -0.00430 e. The van der Waals surface area contributed by atoms with Crippen molar-refractivity contribution in [3.63, 3.8) is 0 Å². The molecule has 3 unspecified atom stereocenters. The lowest BCUT2D eigenvalue weighted by atomic mass is 9.63. The molecule has 0 spiro atoms. The zero-order valence-corrected chi connectivity index (χ0v) is 12.9. The van der Waals surface area contributed by atoms with Gasteiger partial charge in [-0.15, -0.1) is 0 Å². The average Bonchev–Trinajstić information content (AvgIpc) is 2.37. The number of nitrogens with two attached hydrogens (primary N) is 1. The van der Waals surface area contributed by atoms with Crippen molar-refractivity contribution in [1.82, 2.24) is 0 Å². The monoisotopic (exact) mass is 259 g/mol. The third kappa shape index (κ3) is 3.20. The van der Waals surface area contributed by atoms with Gasteiger partial charge in [-0.3, -0.25) is 0 Å². The summed E-state index contributed by atoms with van der Waals surface area (Å²) in [6.07, 6.45) is 3.93. The number of aryl methyl sites for hydroxylation is 1. The van der Waals surface area contributed by atoms with Crippen LogP contribution in [0.3, 0.4) is 0 Å². The van der Waals surface area contributed by atoms with Crippen molar-refractivity contribution in [3.8, 4) is 0 Å². The molecule has 0 aliphatic heterocycles. The van der Waals surface area contributed by atoms with Crippen LogP contribution in [0, 0.1) is 24.2 Å². The molecule has 0 saturated heterocycles. The van der Waals surface area contributed by atoms with Crippen molar-refractivity contribution in [1.29, 1.82) is 0 Å². The zero-order valence-electron chi connectivity index (χ0n) is 12.9. The molecule has 106 valence electrons. The Labute approximate surface area is 118 Å². The van der Waals surface area contributed by atoms with E-state index in [4.69, 9.17) is 5.73 Å². The lowest BCUT2D eigenvalue weighted by Crippen LogP contribution is -2.34. The normalized spacial score (nSPS) is 28.4. The van der Waals surface area contributed by atoms with Gasteiger partial charge in [-0.2, -0.15) is 0 Å². The van der Waals surface area contributed by atoms with E-state index in [1.54, 1.807) is 0 Å². The number of rotatable bonds is 2. The van der Waals surface area contributed by atoms with Crippen LogP contribution < -0.4 is 5.73 Å². The Morgan fingerprint density at radius 3 is 2.42 bits per heavy atom. The van der Waals surface area contributed by atoms with Gasteiger partial charge < -0.3 is 5.73 Å². The van der Waals surface area contributed by atoms with Gasteiger partial charge in [0, 0.05) is 0 Å². The van der Waals surface area contributed by atoms with E-state index in [-0.39, 0.29) is 0 Å². The minimum atomic E-state index is 0.417. The number of hydrogen-bond donors (Lipinski definition) is 1. The lowest BCUT2D eigenvalue weighted by molar-refractivity contribution is 0.133. The predicted octanol–water partition coefficient (Wildman–Crippen LogP) is 4.50. The minimum absolute atomic E-state index is 0.417. The zero-order chi connectivity index (χ0) is 14.0. The van der Waals surface area contributed by atoms with Gasteiger partial charge in [-0.25, -0.2) is 0 Å². The summed E-state index contributed by atoms with van der Waals surface area (Å²) < 4.78 is 0. The average molecular weight is 259 g/mol. The van der Waals surface area contributed by atoms with Gasteiger partial charge in [0.25, 0.3) is 0 Å². The van der Waals surface area contributed by atoms with Gasteiger partial charge in [-0.1, -0.05) is 45.0 Å². The van der Waals surface area contributed by atoms with Crippen LogP contribution in [-0.2, 0) is 0 Å². The van der Waals surface area contributed by atoms with Crippen LogP contribution in [0.4, 0.5) is 0 Å². The van der Waals surface area contributed by atoms with Crippen molar-refractivity contribution in [2.75, 3.05) is 6.54 Å². The molecule has 0 bridgehead atoms. The molecule has 1 aromatic carbocycles. The van der Waals surface area contributed by atoms with E-state index < -0.39 is 0 Å². The van der Waals surface area contributed by atoms with E-state index in [0.29, 0.717) is 17.3 Å². The summed E-state index contributed by atoms with van der Waals surface area (Å²) >= 11 is 0. The molecule has 1 saturated carbocycles. The Balaban J connectivity index is 2.26. The van der Waals surface area contributed by atoms with Crippen molar-refractivity contribution in [2.24, 2.45) is 23.0 Å². The molecular weight excluding hydrogens is 230 g/mol. The quantitative estimate of drug-likeness (QED) is 0.831. The first-order valence-corrected chi connectivity index (χ1v) is 7.69. The summed E-state index contributed by atoms with van der Waals surface area (Å²) in [5.41, 5.74) is 9.42. The van der Waals surface area contributed by atoms with E-state index in [1.807, 2.05) is 0 Å². The third-order valence-corrected chi connectivity index (χ3v) is 5.11. The van der Waals surface area contributed by atoms with E-state index in [9.17, 15) is 0 Å². The second-order valence-corrected chi connectivity index (χ2v) is 7.33. The number of benzene rings is 1. The summed E-state index contributed by atoms with van der Waals surface area (Å²) in [6.45, 7) is 10.2. The fourth-order valence-electron chi connectivity index (χ4n) is 3.69. The molecule has 19 heavy (non-hydrogen) atoms. The molecule has 1 fully saturated rings. The molecule has 1 nitrogen and oxygen atoms in total. The standard InChI is InChI=1S/C18H29N/c1-13-7-5-6-8-16(13)17-11-15(18(2,3)4)10-9-14(17)12-19/h5-8,14-15,17H,9-12,19H2,1-4H3. The molecule has 1 aromatic rings. The highest BCUT2D eigenvalue weighted by atomic mass is 14.6. The molecule has 0 amide bonds. The Morgan fingerprint density at radius 1 is 1.16 bits per heavy atom. The second kappa shape index (κ2) is 5.66. The van der Waals surface area contributed by atoms with Gasteiger partial charge in [0.1, 0.15) is 0 Å². The number of hydrogen-bond acceptors (Lipinski definition) is 1. The molecular formula is C18H29N. The second-order valence-electron chi connectivity index (χ2n) is 7.33. The fraction of sp³-hybridized carbons (Fsp3) is 0.667. The van der Waals surface area contributed by atoms with E-state index >= 15 is 0 Å². The molecule has 1 heteroatoms. The van der Waals surface area contributed by atoms with Gasteiger partial charge in [0.2, 0.25) is 0 Å². The summed E-state index contributed by atoms with van der Waals surface area (Å²) in [6, 6.07) is 8.87. The maximum absolute atomic E-state index is 6.04. The third-order valence-electron chi connectivity index (χ3n) is 5.11. The molecule has 1 aliphatic carbocycles. The summed E-state index contributed by atoms with van der Waals surface area (Å²) in [5, 5.41) is 0. The van der Waals surface area contributed by atoms with Gasteiger partial charge in [0.15, 0.2) is 0 Å². The molecule has 0 heterocycles. The van der Waals surface area contributed by atoms with Crippen LogP contribution in [0.15, 0.2) is 24.3 Å². The van der Waals surface area contributed by atoms with Crippen molar-refractivity contribution in [3.05, 3.63) is 35.4 Å². The molecule has 0 radical (unpaired) electrons. The summed E-state index contributed by atoms with van der Waals surface area (Å²) in [4.78, 5) is 0. The topological polar surface area (TPSA) is 26.0 Å². The Morgan fingerprint density at radius 2 is 1.84 bits per heavy atom.